The molecule has 1 aromatic carbocycles. The highest BCUT2D eigenvalue weighted by Gasteiger charge is 2.30. The molecule has 1 amide bonds. The third-order valence-corrected chi connectivity index (χ3v) is 5.68. The maximum absolute atomic E-state index is 12.3. The fourth-order valence-corrected chi connectivity index (χ4v) is 4.17. The number of hydrogen-bond acceptors (Lipinski definition) is 5. The second-order valence-corrected chi connectivity index (χ2v) is 8.49. The van der Waals surface area contributed by atoms with Crippen molar-refractivity contribution in [3.8, 4) is 0 Å². The van der Waals surface area contributed by atoms with Crippen LogP contribution in [-0.4, -0.2) is 34.9 Å². The van der Waals surface area contributed by atoms with E-state index in [1.807, 2.05) is 6.07 Å². The van der Waals surface area contributed by atoms with Crippen LogP contribution in [0, 0.1) is 5.92 Å². The molecular weight excluding hydrogens is 469 g/mol. The number of halogens is 3. The zero-order valence-electron chi connectivity index (χ0n) is 17.8. The molecule has 178 valence electrons. The highest BCUT2D eigenvalue weighted by atomic mass is 32.1. The van der Waals surface area contributed by atoms with Crippen molar-refractivity contribution < 1.29 is 32.6 Å². The predicted octanol–water partition coefficient (Wildman–Crippen LogP) is 5.16. The van der Waals surface area contributed by atoms with Crippen LogP contribution >= 0.6 is 11.3 Å². The lowest BCUT2D eigenvalue weighted by Crippen LogP contribution is -2.30. The smallest absolute Gasteiger partial charge is 0.478 e. The van der Waals surface area contributed by atoms with Gasteiger partial charge in [0.25, 0.3) is 0 Å². The summed E-state index contributed by atoms with van der Waals surface area (Å²) in [6, 6.07) is 5.47. The fourth-order valence-electron chi connectivity index (χ4n) is 3.16. The van der Waals surface area contributed by atoms with Gasteiger partial charge in [0.2, 0.25) is 5.91 Å². The molecule has 2 aromatic rings. The number of nitrogens with one attached hydrogen (secondary N) is 1. The Labute approximate surface area is 197 Å². The zero-order chi connectivity index (χ0) is 24.7. The Balaban J connectivity index is 1.54. The highest BCUT2D eigenvalue weighted by Crippen LogP contribution is 2.25. The standard InChI is InChI=1S/C24H21F3N2O4S/c1-15(33-24(25,26)27)5-2-3-6-16-9-10-19-20(12-16)34-22(29-19)13-21(30)28-14-17-7-4-8-18(11-17)23(31)32/h2-6,8-12,17H,1,7,13-14H2,(H,28,30)(H,31,32)/b5-2-,6-3+. The van der Waals surface area contributed by atoms with E-state index in [1.54, 1.807) is 42.5 Å². The summed E-state index contributed by atoms with van der Waals surface area (Å²) in [6.07, 6.45) is 6.73. The van der Waals surface area contributed by atoms with E-state index < -0.39 is 18.1 Å². The predicted molar refractivity (Wildman–Crippen MR) is 124 cm³/mol. The SMILES string of the molecule is C=C(/C=C\C=C\c1ccc2nc(CC(=O)NCC3C=C(C(=O)O)C=CC3)sc2c1)OC(F)(F)F. The summed E-state index contributed by atoms with van der Waals surface area (Å²) >= 11 is 1.37. The average Bonchev–Trinajstić information content (AvgIpc) is 3.15. The average molecular weight is 491 g/mol. The van der Waals surface area contributed by atoms with Gasteiger partial charge in [0.1, 0.15) is 10.8 Å². The topological polar surface area (TPSA) is 88.5 Å². The van der Waals surface area contributed by atoms with Crippen LogP contribution in [0.2, 0.25) is 0 Å². The summed E-state index contributed by atoms with van der Waals surface area (Å²) < 4.78 is 40.8. The summed E-state index contributed by atoms with van der Waals surface area (Å²) in [7, 11) is 0. The number of amides is 1. The zero-order valence-corrected chi connectivity index (χ0v) is 18.7. The molecule has 2 N–H and O–H groups in total. The molecule has 1 aliphatic rings. The van der Waals surface area contributed by atoms with Crippen molar-refractivity contribution in [1.29, 1.82) is 0 Å². The minimum Gasteiger partial charge on any atom is -0.478 e. The molecule has 0 saturated heterocycles. The molecule has 0 aliphatic heterocycles. The van der Waals surface area contributed by atoms with Crippen LogP contribution in [0.15, 0.2) is 72.6 Å². The molecule has 0 saturated carbocycles. The van der Waals surface area contributed by atoms with E-state index in [0.29, 0.717) is 18.0 Å². The number of allylic oxidation sites excluding steroid dienone is 4. The third kappa shape index (κ3) is 7.73. The number of thiazole rings is 1. The van der Waals surface area contributed by atoms with E-state index in [1.165, 1.54) is 17.4 Å². The summed E-state index contributed by atoms with van der Waals surface area (Å²) in [5.41, 5.74) is 1.76. The number of carbonyl (C=O) groups is 2. The van der Waals surface area contributed by atoms with Crippen LogP contribution in [0.5, 0.6) is 0 Å². The minimum atomic E-state index is -4.77. The van der Waals surface area contributed by atoms with Gasteiger partial charge in [-0.2, -0.15) is 0 Å². The number of carbonyl (C=O) groups excluding carboxylic acids is 1. The second kappa shape index (κ2) is 11.0. The molecule has 1 atom stereocenters. The normalized spacial score (nSPS) is 16.2. The van der Waals surface area contributed by atoms with Gasteiger partial charge in [-0.25, -0.2) is 9.78 Å². The number of nitrogens with zero attached hydrogens (tertiary/aromatic N) is 1. The lowest BCUT2D eigenvalue weighted by molar-refractivity contribution is -0.303. The molecule has 0 spiro atoms. The van der Waals surface area contributed by atoms with Crippen LogP contribution < -0.4 is 5.32 Å². The van der Waals surface area contributed by atoms with Crippen LogP contribution in [0.25, 0.3) is 16.3 Å². The molecule has 10 heteroatoms. The van der Waals surface area contributed by atoms with E-state index in [9.17, 15) is 22.8 Å². The van der Waals surface area contributed by atoms with Crippen molar-refractivity contribution in [3.05, 3.63) is 83.1 Å². The molecule has 1 unspecified atom stereocenters. The third-order valence-electron chi connectivity index (χ3n) is 4.66. The molecule has 1 heterocycles. The van der Waals surface area contributed by atoms with Crippen molar-refractivity contribution in [3.63, 3.8) is 0 Å². The van der Waals surface area contributed by atoms with E-state index in [0.717, 1.165) is 21.9 Å². The maximum atomic E-state index is 12.3. The maximum Gasteiger partial charge on any atom is 0.573 e. The Morgan fingerprint density at radius 3 is 2.85 bits per heavy atom. The number of rotatable bonds is 9. The van der Waals surface area contributed by atoms with Gasteiger partial charge in [-0.15, -0.1) is 24.5 Å². The van der Waals surface area contributed by atoms with Crippen molar-refractivity contribution in [2.24, 2.45) is 5.92 Å². The van der Waals surface area contributed by atoms with Crippen molar-refractivity contribution >= 4 is 39.5 Å². The number of alkyl halides is 3. The Morgan fingerprint density at radius 2 is 2.12 bits per heavy atom. The minimum absolute atomic E-state index is 0.0731. The number of aromatic nitrogens is 1. The van der Waals surface area contributed by atoms with Gasteiger partial charge in [0.05, 0.1) is 22.2 Å². The highest BCUT2D eigenvalue weighted by molar-refractivity contribution is 7.18. The molecule has 0 radical (unpaired) electrons. The fraction of sp³-hybridized carbons (Fsp3) is 0.208. The van der Waals surface area contributed by atoms with E-state index in [4.69, 9.17) is 5.11 Å². The summed E-state index contributed by atoms with van der Waals surface area (Å²) in [5.74, 6) is -1.79. The quantitative estimate of drug-likeness (QED) is 0.374. The number of ether oxygens (including phenoxy) is 1. The van der Waals surface area contributed by atoms with Crippen molar-refractivity contribution in [2.45, 2.75) is 19.2 Å². The lowest BCUT2D eigenvalue weighted by Gasteiger charge is -2.15. The van der Waals surface area contributed by atoms with Crippen molar-refractivity contribution in [2.75, 3.05) is 6.54 Å². The van der Waals surface area contributed by atoms with Gasteiger partial charge in [0.15, 0.2) is 0 Å². The Bertz CT molecular complexity index is 1210. The Kier molecular flexibility index (Phi) is 8.06. The van der Waals surface area contributed by atoms with Gasteiger partial charge >= 0.3 is 12.3 Å². The van der Waals surface area contributed by atoms with E-state index >= 15 is 0 Å². The van der Waals surface area contributed by atoms with Crippen LogP contribution in [0.3, 0.4) is 0 Å². The molecule has 0 fully saturated rings. The molecular formula is C24H21F3N2O4S. The first-order chi connectivity index (χ1) is 16.1. The second-order valence-electron chi connectivity index (χ2n) is 7.37. The largest absolute Gasteiger partial charge is 0.573 e. The number of hydrogen-bond donors (Lipinski definition) is 2. The number of aliphatic carboxylic acids is 1. The van der Waals surface area contributed by atoms with Crippen LogP contribution in [0.4, 0.5) is 13.2 Å². The van der Waals surface area contributed by atoms with Gasteiger partial charge < -0.3 is 15.2 Å². The first-order valence-corrected chi connectivity index (χ1v) is 11.0. The molecule has 3 rings (SSSR count). The summed E-state index contributed by atoms with van der Waals surface area (Å²) in [6.45, 7) is 3.51. The Morgan fingerprint density at radius 1 is 1.32 bits per heavy atom. The number of fused-ring (bicyclic) bond motifs is 1. The van der Waals surface area contributed by atoms with Gasteiger partial charge in [0, 0.05) is 6.54 Å². The lowest BCUT2D eigenvalue weighted by atomic mass is 9.96. The van der Waals surface area contributed by atoms with E-state index in [2.05, 4.69) is 21.6 Å². The molecule has 1 aliphatic carbocycles. The molecule has 6 nitrogen and oxygen atoms in total. The number of carboxylic acid groups (broad SMARTS) is 1. The summed E-state index contributed by atoms with van der Waals surface area (Å²) in [5, 5.41) is 12.5. The molecule has 34 heavy (non-hydrogen) atoms. The molecule has 1 aromatic heterocycles. The van der Waals surface area contributed by atoms with Gasteiger partial charge in [-0.3, -0.25) is 4.79 Å². The van der Waals surface area contributed by atoms with Gasteiger partial charge in [-0.05, 0) is 36.1 Å². The number of benzene rings is 1. The number of carboxylic acids is 1. The molecule has 0 bridgehead atoms. The summed E-state index contributed by atoms with van der Waals surface area (Å²) in [4.78, 5) is 27.9. The van der Waals surface area contributed by atoms with E-state index in [-0.39, 0.29) is 23.8 Å². The van der Waals surface area contributed by atoms with Crippen LogP contribution in [0.1, 0.15) is 17.0 Å². The Hall–Kier alpha value is -3.66. The first-order valence-electron chi connectivity index (χ1n) is 10.2. The van der Waals surface area contributed by atoms with Crippen molar-refractivity contribution in [1.82, 2.24) is 10.3 Å². The van der Waals surface area contributed by atoms with Gasteiger partial charge in [-0.1, -0.05) is 49.1 Å². The van der Waals surface area contributed by atoms with Crippen LogP contribution in [-0.2, 0) is 20.7 Å². The monoisotopic (exact) mass is 490 g/mol. The first kappa shape index (κ1) is 25.0.